The molecule has 2 atom stereocenters. The number of aromatic nitrogens is 2. The van der Waals surface area contributed by atoms with Crippen molar-refractivity contribution in [2.45, 2.75) is 19.1 Å². The van der Waals surface area contributed by atoms with Crippen LogP contribution in [0.4, 0.5) is 0 Å². The molecule has 3 heterocycles. The van der Waals surface area contributed by atoms with Crippen LogP contribution in [0.3, 0.4) is 0 Å². The summed E-state index contributed by atoms with van der Waals surface area (Å²) in [6, 6.07) is -0.566. The van der Waals surface area contributed by atoms with E-state index in [2.05, 4.69) is 10.4 Å². The molecule has 10 nitrogen and oxygen atoms in total. The molecule has 0 radical (unpaired) electrons. The van der Waals surface area contributed by atoms with Crippen molar-refractivity contribution in [1.82, 2.24) is 29.8 Å². The summed E-state index contributed by atoms with van der Waals surface area (Å²) >= 11 is 0. The summed E-state index contributed by atoms with van der Waals surface area (Å²) < 4.78 is 7.28. The van der Waals surface area contributed by atoms with Crippen LogP contribution in [0.25, 0.3) is 0 Å². The van der Waals surface area contributed by atoms with Crippen LogP contribution in [0.2, 0.25) is 0 Å². The summed E-state index contributed by atoms with van der Waals surface area (Å²) in [6.07, 6.45) is 2.55. The molecular weight excluding hydrogens is 364 g/mol. The lowest BCUT2D eigenvalue weighted by Gasteiger charge is -2.40. The number of aryl methyl sites for hydroxylation is 1. The van der Waals surface area contributed by atoms with Gasteiger partial charge in [0.15, 0.2) is 6.10 Å². The number of likely N-dealkylation sites (N-methyl/N-ethyl adjacent to an activating group) is 2. The molecule has 0 bridgehead atoms. The Morgan fingerprint density at radius 1 is 1.36 bits per heavy atom. The van der Waals surface area contributed by atoms with Gasteiger partial charge in [0, 0.05) is 58.6 Å². The quantitative estimate of drug-likeness (QED) is 0.662. The molecule has 0 aromatic carbocycles. The van der Waals surface area contributed by atoms with E-state index in [9.17, 15) is 14.4 Å². The van der Waals surface area contributed by atoms with Gasteiger partial charge >= 0.3 is 0 Å². The lowest BCUT2D eigenvalue weighted by Crippen LogP contribution is -2.56. The minimum absolute atomic E-state index is 0.0154. The molecule has 1 N–H and O–H groups in total. The highest BCUT2D eigenvalue weighted by Crippen LogP contribution is 2.30. The molecule has 154 valence electrons. The second-order valence-corrected chi connectivity index (χ2v) is 7.13. The van der Waals surface area contributed by atoms with E-state index in [0.717, 1.165) is 18.7 Å². The minimum Gasteiger partial charge on any atom is -0.356 e. The zero-order valence-electron chi connectivity index (χ0n) is 16.6. The maximum Gasteiger partial charge on any atom is 0.254 e. The Bertz CT molecular complexity index is 729. The molecule has 1 aromatic rings. The Kier molecular flexibility index (Phi) is 6.30. The van der Waals surface area contributed by atoms with Crippen LogP contribution < -0.4 is 5.32 Å². The van der Waals surface area contributed by atoms with Gasteiger partial charge in [-0.3, -0.25) is 19.1 Å². The number of ether oxygens (including phenoxy) is 1. The number of morpholine rings is 1. The van der Waals surface area contributed by atoms with Gasteiger partial charge in [-0.2, -0.15) is 5.10 Å². The number of carbonyl (C=O) groups excluding carboxylic acids is 3. The van der Waals surface area contributed by atoms with Crippen LogP contribution in [0, 0.1) is 0 Å². The van der Waals surface area contributed by atoms with Crippen molar-refractivity contribution in [1.29, 1.82) is 0 Å². The molecule has 10 heteroatoms. The fraction of sp³-hybridized carbons (Fsp3) is 0.667. The number of hydrogen-bond acceptors (Lipinski definition) is 6. The van der Waals surface area contributed by atoms with Gasteiger partial charge in [-0.05, 0) is 6.92 Å². The number of carbonyl (C=O) groups is 3. The lowest BCUT2D eigenvalue weighted by molar-refractivity contribution is -0.169. The third-order valence-corrected chi connectivity index (χ3v) is 5.20. The van der Waals surface area contributed by atoms with E-state index in [4.69, 9.17) is 4.74 Å². The van der Waals surface area contributed by atoms with Crippen LogP contribution >= 0.6 is 0 Å². The number of rotatable bonds is 5. The van der Waals surface area contributed by atoms with Crippen LogP contribution in [0.15, 0.2) is 12.4 Å². The van der Waals surface area contributed by atoms with E-state index in [0.29, 0.717) is 19.6 Å². The summed E-state index contributed by atoms with van der Waals surface area (Å²) in [4.78, 5) is 42.7. The van der Waals surface area contributed by atoms with Crippen molar-refractivity contribution in [3.8, 4) is 0 Å². The Morgan fingerprint density at radius 2 is 2.07 bits per heavy atom. The first-order chi connectivity index (χ1) is 13.4. The van der Waals surface area contributed by atoms with Gasteiger partial charge in [0.25, 0.3) is 5.91 Å². The normalized spacial score (nSPS) is 23.0. The van der Waals surface area contributed by atoms with Gasteiger partial charge in [-0.25, -0.2) is 0 Å². The first-order valence-corrected chi connectivity index (χ1v) is 9.55. The molecule has 28 heavy (non-hydrogen) atoms. The monoisotopic (exact) mass is 392 g/mol. The molecular formula is C18H28N6O4. The smallest absolute Gasteiger partial charge is 0.254 e. The van der Waals surface area contributed by atoms with Crippen molar-refractivity contribution >= 4 is 17.7 Å². The van der Waals surface area contributed by atoms with Crippen molar-refractivity contribution in [3.05, 3.63) is 18.0 Å². The molecule has 2 saturated heterocycles. The van der Waals surface area contributed by atoms with Crippen molar-refractivity contribution in [3.63, 3.8) is 0 Å². The molecule has 2 fully saturated rings. The van der Waals surface area contributed by atoms with Crippen LogP contribution in [-0.2, 0) is 26.2 Å². The van der Waals surface area contributed by atoms with Gasteiger partial charge in [0.05, 0.1) is 18.8 Å². The summed E-state index contributed by atoms with van der Waals surface area (Å²) in [5.41, 5.74) is 0.734. The first kappa shape index (κ1) is 20.3. The highest BCUT2D eigenvalue weighted by molar-refractivity contribution is 5.89. The second-order valence-electron chi connectivity index (χ2n) is 7.13. The Morgan fingerprint density at radius 3 is 2.68 bits per heavy atom. The maximum absolute atomic E-state index is 13.1. The molecule has 0 unspecified atom stereocenters. The third kappa shape index (κ3) is 4.17. The van der Waals surface area contributed by atoms with E-state index < -0.39 is 12.1 Å². The zero-order chi connectivity index (χ0) is 20.3. The predicted molar refractivity (Wildman–Crippen MR) is 100 cm³/mol. The molecule has 0 spiro atoms. The standard InChI is InChI=1S/C18H28N6O4/c1-4-24-15(26)12-28-17(16(24)13-9-20-22(3)10-13)18(27)21(2)11-14(25)23-7-5-19-6-8-23/h9-10,16-17,19H,4-8,11-12H2,1-3H3/t16-,17+/m1/s1. The van der Waals surface area contributed by atoms with Crippen LogP contribution in [0.1, 0.15) is 18.5 Å². The minimum atomic E-state index is -0.873. The van der Waals surface area contributed by atoms with Gasteiger partial charge < -0.3 is 24.8 Å². The molecule has 1 aromatic heterocycles. The molecule has 3 amide bonds. The van der Waals surface area contributed by atoms with Gasteiger partial charge in [0.2, 0.25) is 11.8 Å². The number of hydrogen-bond donors (Lipinski definition) is 1. The molecule has 2 aliphatic rings. The third-order valence-electron chi connectivity index (χ3n) is 5.20. The average Bonchev–Trinajstić information content (AvgIpc) is 3.13. The van der Waals surface area contributed by atoms with Crippen molar-refractivity contribution in [2.24, 2.45) is 7.05 Å². The maximum atomic E-state index is 13.1. The number of piperazine rings is 1. The number of nitrogens with one attached hydrogen (secondary N) is 1. The van der Waals surface area contributed by atoms with Gasteiger partial charge in [0.1, 0.15) is 6.61 Å². The van der Waals surface area contributed by atoms with E-state index >= 15 is 0 Å². The number of nitrogens with zero attached hydrogens (tertiary/aromatic N) is 5. The Hall–Kier alpha value is -2.46. The molecule has 3 rings (SSSR count). The summed E-state index contributed by atoms with van der Waals surface area (Å²) in [5, 5.41) is 7.36. The molecule has 0 saturated carbocycles. The molecule has 0 aliphatic carbocycles. The predicted octanol–water partition coefficient (Wildman–Crippen LogP) is -1.40. The summed E-state index contributed by atoms with van der Waals surface area (Å²) in [5.74, 6) is -0.572. The fourth-order valence-electron chi connectivity index (χ4n) is 3.69. The highest BCUT2D eigenvalue weighted by atomic mass is 16.5. The van der Waals surface area contributed by atoms with Crippen LogP contribution in [0.5, 0.6) is 0 Å². The lowest BCUT2D eigenvalue weighted by atomic mass is 9.99. The zero-order valence-corrected chi connectivity index (χ0v) is 16.6. The van der Waals surface area contributed by atoms with E-state index in [1.165, 1.54) is 4.90 Å². The first-order valence-electron chi connectivity index (χ1n) is 9.55. The van der Waals surface area contributed by atoms with Gasteiger partial charge in [-0.15, -0.1) is 0 Å². The second kappa shape index (κ2) is 8.70. The van der Waals surface area contributed by atoms with E-state index in [1.54, 1.807) is 41.0 Å². The van der Waals surface area contributed by atoms with Crippen molar-refractivity contribution in [2.75, 3.05) is 52.9 Å². The highest BCUT2D eigenvalue weighted by Gasteiger charge is 2.43. The summed E-state index contributed by atoms with van der Waals surface area (Å²) in [6.45, 7) is 4.94. The Balaban J connectivity index is 1.75. The summed E-state index contributed by atoms with van der Waals surface area (Å²) in [7, 11) is 3.37. The topological polar surface area (TPSA) is 100 Å². The SMILES string of the molecule is CCN1C(=O)CO[C@H](C(=O)N(C)CC(=O)N2CCNCC2)[C@H]1c1cnn(C)c1. The largest absolute Gasteiger partial charge is 0.356 e. The van der Waals surface area contributed by atoms with Crippen LogP contribution in [-0.4, -0.2) is 101 Å². The van der Waals surface area contributed by atoms with E-state index in [1.807, 2.05) is 6.92 Å². The Labute approximate surface area is 164 Å². The average molecular weight is 392 g/mol. The number of amides is 3. The van der Waals surface area contributed by atoms with Crippen molar-refractivity contribution < 1.29 is 19.1 Å². The fourth-order valence-corrected chi connectivity index (χ4v) is 3.69. The molecule has 2 aliphatic heterocycles. The van der Waals surface area contributed by atoms with Gasteiger partial charge in [-0.1, -0.05) is 0 Å². The van der Waals surface area contributed by atoms with E-state index in [-0.39, 0.29) is 30.9 Å².